The van der Waals surface area contributed by atoms with E-state index in [4.69, 9.17) is 15.2 Å². The van der Waals surface area contributed by atoms with Crippen molar-refractivity contribution < 1.29 is 14.3 Å². The third kappa shape index (κ3) is 3.86. The van der Waals surface area contributed by atoms with Crippen molar-refractivity contribution in [3.63, 3.8) is 0 Å². The van der Waals surface area contributed by atoms with E-state index in [1.54, 1.807) is 25.1 Å². The molecule has 0 bridgehead atoms. The summed E-state index contributed by atoms with van der Waals surface area (Å²) < 4.78 is 10.2. The summed E-state index contributed by atoms with van der Waals surface area (Å²) in [6.45, 7) is 4.62. The summed E-state index contributed by atoms with van der Waals surface area (Å²) in [6, 6.07) is 4.83. The van der Waals surface area contributed by atoms with E-state index in [1.807, 2.05) is 6.92 Å². The number of pyridine rings is 1. The van der Waals surface area contributed by atoms with Crippen molar-refractivity contribution in [2.45, 2.75) is 20.0 Å². The first-order valence-corrected chi connectivity index (χ1v) is 5.14. The van der Waals surface area contributed by atoms with Crippen molar-refractivity contribution >= 4 is 11.8 Å². The van der Waals surface area contributed by atoms with Crippen LogP contribution in [0.15, 0.2) is 18.2 Å². The summed E-state index contributed by atoms with van der Waals surface area (Å²) in [5.41, 5.74) is 5.68. The Hall–Kier alpha value is -1.62. The van der Waals surface area contributed by atoms with Gasteiger partial charge in [0, 0.05) is 6.61 Å². The highest BCUT2D eigenvalue weighted by Crippen LogP contribution is 2.04. The standard InChI is InChI=1S/C11H16N2O3/c1-3-15-7-8(2)16-11(14)9-5-4-6-10(12)13-9/h4-6,8H,3,7H2,1-2H3,(H2,12,13). The van der Waals surface area contributed by atoms with Gasteiger partial charge in [-0.15, -0.1) is 0 Å². The Labute approximate surface area is 94.6 Å². The van der Waals surface area contributed by atoms with Crippen LogP contribution in [0.3, 0.4) is 0 Å². The molecular formula is C11H16N2O3. The largest absolute Gasteiger partial charge is 0.455 e. The highest BCUT2D eigenvalue weighted by molar-refractivity contribution is 5.87. The number of aromatic nitrogens is 1. The number of ether oxygens (including phenoxy) is 2. The van der Waals surface area contributed by atoms with E-state index < -0.39 is 5.97 Å². The summed E-state index contributed by atoms with van der Waals surface area (Å²) in [7, 11) is 0. The van der Waals surface area contributed by atoms with E-state index in [1.165, 1.54) is 0 Å². The Morgan fingerprint density at radius 2 is 2.31 bits per heavy atom. The maximum Gasteiger partial charge on any atom is 0.357 e. The number of anilines is 1. The topological polar surface area (TPSA) is 74.4 Å². The maximum absolute atomic E-state index is 11.6. The number of esters is 1. The minimum atomic E-state index is -0.487. The van der Waals surface area contributed by atoms with Gasteiger partial charge in [0.1, 0.15) is 11.9 Å². The van der Waals surface area contributed by atoms with Crippen LogP contribution < -0.4 is 5.73 Å². The lowest BCUT2D eigenvalue weighted by Gasteiger charge is -2.12. The van der Waals surface area contributed by atoms with Crippen molar-refractivity contribution in [3.8, 4) is 0 Å². The van der Waals surface area contributed by atoms with Crippen molar-refractivity contribution in [1.82, 2.24) is 4.98 Å². The summed E-state index contributed by atoms with van der Waals surface area (Å²) in [4.78, 5) is 15.4. The van der Waals surface area contributed by atoms with Gasteiger partial charge in [-0.05, 0) is 26.0 Å². The molecule has 0 spiro atoms. The highest BCUT2D eigenvalue weighted by atomic mass is 16.6. The zero-order valence-corrected chi connectivity index (χ0v) is 9.47. The van der Waals surface area contributed by atoms with Crippen LogP contribution in [0.4, 0.5) is 5.82 Å². The first kappa shape index (κ1) is 12.4. The molecule has 0 saturated carbocycles. The number of hydrogen-bond donors (Lipinski definition) is 1. The van der Waals surface area contributed by atoms with Gasteiger partial charge >= 0.3 is 5.97 Å². The van der Waals surface area contributed by atoms with E-state index in [0.29, 0.717) is 19.0 Å². The van der Waals surface area contributed by atoms with Crippen molar-refractivity contribution in [2.24, 2.45) is 0 Å². The zero-order valence-electron chi connectivity index (χ0n) is 9.47. The van der Waals surface area contributed by atoms with E-state index in [0.717, 1.165) is 0 Å². The summed E-state index contributed by atoms with van der Waals surface area (Å²) in [6.07, 6.45) is -0.296. The highest BCUT2D eigenvalue weighted by Gasteiger charge is 2.13. The molecule has 1 aromatic heterocycles. The van der Waals surface area contributed by atoms with Crippen molar-refractivity contribution in [3.05, 3.63) is 23.9 Å². The second-order valence-corrected chi connectivity index (χ2v) is 3.32. The van der Waals surface area contributed by atoms with E-state index >= 15 is 0 Å². The molecule has 5 nitrogen and oxygen atoms in total. The van der Waals surface area contributed by atoms with Crippen LogP contribution >= 0.6 is 0 Å². The molecule has 0 aliphatic rings. The van der Waals surface area contributed by atoms with Gasteiger partial charge in [0.25, 0.3) is 0 Å². The number of hydrogen-bond acceptors (Lipinski definition) is 5. The van der Waals surface area contributed by atoms with Crippen LogP contribution in [-0.2, 0) is 9.47 Å². The first-order chi connectivity index (χ1) is 7.63. The predicted octanol–water partition coefficient (Wildman–Crippen LogP) is 1.25. The quantitative estimate of drug-likeness (QED) is 0.762. The number of carbonyl (C=O) groups excluding carboxylic acids is 1. The average molecular weight is 224 g/mol. The number of rotatable bonds is 5. The second kappa shape index (κ2) is 6.07. The fourth-order valence-electron chi connectivity index (χ4n) is 1.13. The summed E-state index contributed by atoms with van der Waals surface area (Å²) in [5, 5.41) is 0. The van der Waals surface area contributed by atoms with Crippen LogP contribution in [0.25, 0.3) is 0 Å². The third-order valence-electron chi connectivity index (χ3n) is 1.84. The molecule has 0 amide bonds. The Balaban J connectivity index is 2.52. The van der Waals surface area contributed by atoms with Gasteiger partial charge in [-0.1, -0.05) is 6.07 Å². The fourth-order valence-corrected chi connectivity index (χ4v) is 1.13. The average Bonchev–Trinajstić information content (AvgIpc) is 2.26. The molecule has 0 aliphatic heterocycles. The van der Waals surface area contributed by atoms with Gasteiger partial charge in [-0.3, -0.25) is 0 Å². The maximum atomic E-state index is 11.6. The summed E-state index contributed by atoms with van der Waals surface area (Å²) in [5.74, 6) is -0.189. The van der Waals surface area contributed by atoms with Crippen LogP contribution in [0, 0.1) is 0 Å². The number of carbonyl (C=O) groups is 1. The molecule has 2 N–H and O–H groups in total. The monoisotopic (exact) mass is 224 g/mol. The molecule has 1 heterocycles. The first-order valence-electron chi connectivity index (χ1n) is 5.14. The smallest absolute Gasteiger partial charge is 0.357 e. The molecule has 0 aromatic carbocycles. The SMILES string of the molecule is CCOCC(C)OC(=O)c1cccc(N)n1. The predicted molar refractivity (Wildman–Crippen MR) is 60.0 cm³/mol. The van der Waals surface area contributed by atoms with Crippen LogP contribution in [0.1, 0.15) is 24.3 Å². The zero-order chi connectivity index (χ0) is 12.0. The Bertz CT molecular complexity index is 355. The van der Waals surface area contributed by atoms with Gasteiger partial charge in [-0.2, -0.15) is 0 Å². The van der Waals surface area contributed by atoms with Crippen LogP contribution in [0.2, 0.25) is 0 Å². The van der Waals surface area contributed by atoms with Crippen molar-refractivity contribution in [1.29, 1.82) is 0 Å². The molecular weight excluding hydrogens is 208 g/mol. The van der Waals surface area contributed by atoms with E-state index in [-0.39, 0.29) is 11.8 Å². The van der Waals surface area contributed by atoms with Gasteiger partial charge in [-0.25, -0.2) is 9.78 Å². The molecule has 0 radical (unpaired) electrons. The lowest BCUT2D eigenvalue weighted by Crippen LogP contribution is -2.21. The Kier molecular flexibility index (Phi) is 4.72. The molecule has 1 aromatic rings. The minimum Gasteiger partial charge on any atom is -0.455 e. The lowest BCUT2D eigenvalue weighted by molar-refractivity contribution is 0.00389. The van der Waals surface area contributed by atoms with E-state index in [2.05, 4.69) is 4.98 Å². The molecule has 1 rings (SSSR count). The van der Waals surface area contributed by atoms with Gasteiger partial charge in [0.15, 0.2) is 5.69 Å². The molecule has 1 atom stereocenters. The van der Waals surface area contributed by atoms with Crippen LogP contribution in [0.5, 0.6) is 0 Å². The van der Waals surface area contributed by atoms with E-state index in [9.17, 15) is 4.79 Å². The molecule has 0 fully saturated rings. The lowest BCUT2D eigenvalue weighted by atomic mass is 10.3. The van der Waals surface area contributed by atoms with Crippen molar-refractivity contribution in [2.75, 3.05) is 18.9 Å². The fraction of sp³-hybridized carbons (Fsp3) is 0.455. The molecule has 1 unspecified atom stereocenters. The van der Waals surface area contributed by atoms with Crippen LogP contribution in [-0.4, -0.2) is 30.3 Å². The third-order valence-corrected chi connectivity index (χ3v) is 1.84. The number of nitrogens with two attached hydrogens (primary N) is 1. The number of nitrogens with zero attached hydrogens (tertiary/aromatic N) is 1. The molecule has 0 aliphatic carbocycles. The normalized spacial score (nSPS) is 12.1. The number of nitrogen functional groups attached to an aromatic ring is 1. The molecule has 5 heteroatoms. The van der Waals surface area contributed by atoms with Gasteiger partial charge in [0.2, 0.25) is 0 Å². The van der Waals surface area contributed by atoms with Gasteiger partial charge in [0.05, 0.1) is 6.61 Å². The molecule has 88 valence electrons. The second-order valence-electron chi connectivity index (χ2n) is 3.32. The molecule has 0 saturated heterocycles. The van der Waals surface area contributed by atoms with Gasteiger partial charge < -0.3 is 15.2 Å². The Morgan fingerprint density at radius 3 is 2.94 bits per heavy atom. The summed E-state index contributed by atoms with van der Waals surface area (Å²) >= 11 is 0. The Morgan fingerprint density at radius 1 is 1.56 bits per heavy atom. The minimum absolute atomic E-state index is 0.211. The molecule has 16 heavy (non-hydrogen) atoms.